The molecule has 7 nitrogen and oxygen atoms in total. The van der Waals surface area contributed by atoms with E-state index < -0.39 is 0 Å². The Hall–Kier alpha value is -3.78. The van der Waals surface area contributed by atoms with Crippen LogP contribution in [0.5, 0.6) is 0 Å². The predicted molar refractivity (Wildman–Crippen MR) is 136 cm³/mol. The molecule has 0 bridgehead atoms. The summed E-state index contributed by atoms with van der Waals surface area (Å²) < 4.78 is 13.3. The normalized spacial score (nSPS) is 19.3. The highest BCUT2D eigenvalue weighted by atomic mass is 19.1. The Morgan fingerprint density at radius 3 is 2.56 bits per heavy atom. The zero-order valence-electron chi connectivity index (χ0n) is 20.0. The summed E-state index contributed by atoms with van der Waals surface area (Å²) in [4.78, 5) is 29.0. The molecule has 0 aromatic heterocycles. The zero-order valence-corrected chi connectivity index (χ0v) is 20.0. The number of carbonyl (C=O) groups is 1. The third-order valence-corrected chi connectivity index (χ3v) is 7.20. The van der Waals surface area contributed by atoms with Gasteiger partial charge in [0.05, 0.1) is 16.9 Å². The van der Waals surface area contributed by atoms with E-state index in [2.05, 4.69) is 15.1 Å². The summed E-state index contributed by atoms with van der Waals surface area (Å²) in [5.41, 5.74) is 4.05. The molecule has 5 rings (SSSR count). The number of piperazine rings is 1. The van der Waals surface area contributed by atoms with Gasteiger partial charge in [-0.3, -0.25) is 19.8 Å². The van der Waals surface area contributed by atoms with Crippen LogP contribution in [0.2, 0.25) is 0 Å². The lowest BCUT2D eigenvalue weighted by atomic mass is 9.83. The van der Waals surface area contributed by atoms with Crippen molar-refractivity contribution in [1.29, 1.82) is 0 Å². The number of hydrogen-bond acceptors (Lipinski definition) is 5. The number of fused-ring (bicyclic) bond motifs is 3. The third-order valence-electron chi connectivity index (χ3n) is 7.20. The standard InChI is InChI=1S/C28H29FN4O3/c29-23-8-6-21(7-9-23)18-31-14-15-32-26-11-10-24(33(35)36)16-22(26)17-25(27(32)19-31)28(34)30-13-12-20-4-2-1-3-5-20/h1-11,16,25,27H,12-15,17-19H2,(H,30,34). The first-order valence-corrected chi connectivity index (χ1v) is 12.3. The number of nitro benzene ring substituents is 1. The van der Waals surface area contributed by atoms with Gasteiger partial charge in [-0.1, -0.05) is 42.5 Å². The number of anilines is 1. The molecule has 8 heteroatoms. The number of halogens is 1. The van der Waals surface area contributed by atoms with Crippen LogP contribution < -0.4 is 10.2 Å². The fourth-order valence-electron chi connectivity index (χ4n) is 5.38. The Balaban J connectivity index is 1.35. The van der Waals surface area contributed by atoms with Crippen molar-refractivity contribution in [2.75, 3.05) is 31.1 Å². The van der Waals surface area contributed by atoms with Crippen LogP contribution in [0.1, 0.15) is 16.7 Å². The molecule has 2 aliphatic rings. The van der Waals surface area contributed by atoms with E-state index in [1.807, 2.05) is 36.4 Å². The maximum Gasteiger partial charge on any atom is 0.269 e. The Morgan fingerprint density at radius 2 is 1.81 bits per heavy atom. The average molecular weight is 489 g/mol. The molecule has 3 aromatic rings. The topological polar surface area (TPSA) is 78.7 Å². The van der Waals surface area contributed by atoms with Gasteiger partial charge in [0.2, 0.25) is 5.91 Å². The molecule has 1 amide bonds. The highest BCUT2D eigenvalue weighted by Crippen LogP contribution is 2.38. The van der Waals surface area contributed by atoms with Gasteiger partial charge in [0.15, 0.2) is 0 Å². The monoisotopic (exact) mass is 488 g/mol. The maximum absolute atomic E-state index is 13.4. The van der Waals surface area contributed by atoms with Crippen LogP contribution in [-0.2, 0) is 24.2 Å². The summed E-state index contributed by atoms with van der Waals surface area (Å²) in [5.74, 6) is -0.609. The fraction of sp³-hybridized carbons (Fsp3) is 0.321. The van der Waals surface area contributed by atoms with Gasteiger partial charge in [0, 0.05) is 50.5 Å². The van der Waals surface area contributed by atoms with E-state index in [4.69, 9.17) is 0 Å². The highest BCUT2D eigenvalue weighted by Gasteiger charge is 2.41. The molecule has 0 saturated carbocycles. The summed E-state index contributed by atoms with van der Waals surface area (Å²) in [5, 5.41) is 14.5. The van der Waals surface area contributed by atoms with Crippen LogP contribution in [-0.4, -0.2) is 48.0 Å². The van der Waals surface area contributed by atoms with Gasteiger partial charge in [0.1, 0.15) is 5.82 Å². The number of hydrogen-bond donors (Lipinski definition) is 1. The van der Waals surface area contributed by atoms with E-state index >= 15 is 0 Å². The summed E-state index contributed by atoms with van der Waals surface area (Å²) in [7, 11) is 0. The lowest BCUT2D eigenvalue weighted by molar-refractivity contribution is -0.384. The minimum atomic E-state index is -0.387. The summed E-state index contributed by atoms with van der Waals surface area (Å²) in [6.07, 6.45) is 1.20. The second-order valence-corrected chi connectivity index (χ2v) is 9.53. The predicted octanol–water partition coefficient (Wildman–Crippen LogP) is 3.96. The molecule has 186 valence electrons. The first-order chi connectivity index (χ1) is 17.5. The van der Waals surface area contributed by atoms with Crippen LogP contribution in [0.4, 0.5) is 15.8 Å². The third kappa shape index (κ3) is 5.23. The number of amides is 1. The summed E-state index contributed by atoms with van der Waals surface area (Å²) in [6.45, 7) is 3.40. The number of nitrogens with one attached hydrogen (secondary N) is 1. The largest absolute Gasteiger partial charge is 0.365 e. The molecule has 2 heterocycles. The van der Waals surface area contributed by atoms with Crippen molar-refractivity contribution in [1.82, 2.24) is 10.2 Å². The van der Waals surface area contributed by atoms with Gasteiger partial charge >= 0.3 is 0 Å². The molecule has 3 aromatic carbocycles. The van der Waals surface area contributed by atoms with Crippen LogP contribution in [0, 0.1) is 21.8 Å². The van der Waals surface area contributed by atoms with Crippen molar-refractivity contribution in [3.05, 3.63) is 105 Å². The number of non-ortho nitro benzene ring substituents is 1. The molecule has 2 unspecified atom stereocenters. The molecule has 0 radical (unpaired) electrons. The molecule has 1 N–H and O–H groups in total. The molecular weight excluding hydrogens is 459 g/mol. The van der Waals surface area contributed by atoms with Crippen LogP contribution >= 0.6 is 0 Å². The van der Waals surface area contributed by atoms with Gasteiger partial charge in [-0.2, -0.15) is 0 Å². The molecular formula is C28H29FN4O3. The smallest absolute Gasteiger partial charge is 0.269 e. The highest BCUT2D eigenvalue weighted by molar-refractivity contribution is 5.82. The number of benzene rings is 3. The minimum Gasteiger partial charge on any atom is -0.365 e. The molecule has 1 saturated heterocycles. The Kier molecular flexibility index (Phi) is 6.95. The van der Waals surface area contributed by atoms with E-state index in [9.17, 15) is 19.3 Å². The van der Waals surface area contributed by atoms with Gasteiger partial charge in [0.25, 0.3) is 5.69 Å². The van der Waals surface area contributed by atoms with Crippen LogP contribution in [0.25, 0.3) is 0 Å². The molecule has 2 aliphatic heterocycles. The van der Waals surface area contributed by atoms with Crippen molar-refractivity contribution in [3.8, 4) is 0 Å². The second kappa shape index (κ2) is 10.5. The minimum absolute atomic E-state index is 0.0262. The average Bonchev–Trinajstić information content (AvgIpc) is 2.89. The second-order valence-electron chi connectivity index (χ2n) is 9.53. The molecule has 0 spiro atoms. The molecule has 0 aliphatic carbocycles. The Bertz CT molecular complexity index is 1240. The lowest BCUT2D eigenvalue weighted by Crippen LogP contribution is -2.61. The first-order valence-electron chi connectivity index (χ1n) is 12.3. The van der Waals surface area contributed by atoms with E-state index in [0.29, 0.717) is 32.6 Å². The van der Waals surface area contributed by atoms with Gasteiger partial charge in [-0.05, 0) is 47.7 Å². The fourth-order valence-corrected chi connectivity index (χ4v) is 5.38. The van der Waals surface area contributed by atoms with E-state index in [1.165, 1.54) is 12.1 Å². The molecule has 2 atom stereocenters. The van der Waals surface area contributed by atoms with Crippen molar-refractivity contribution in [3.63, 3.8) is 0 Å². The number of carbonyl (C=O) groups excluding carboxylic acids is 1. The summed E-state index contributed by atoms with van der Waals surface area (Å²) >= 11 is 0. The van der Waals surface area contributed by atoms with E-state index in [-0.39, 0.29) is 34.3 Å². The summed E-state index contributed by atoms with van der Waals surface area (Å²) in [6, 6.07) is 21.5. The maximum atomic E-state index is 13.4. The van der Waals surface area contributed by atoms with Crippen molar-refractivity contribution in [2.24, 2.45) is 5.92 Å². The lowest BCUT2D eigenvalue weighted by Gasteiger charge is -2.49. The number of rotatable bonds is 7. The Labute approximate surface area is 209 Å². The SMILES string of the molecule is O=C(NCCc1ccccc1)C1Cc2cc([N+](=O)[O-])ccc2N2CCN(Cc3ccc(F)cc3)CC12. The van der Waals surface area contributed by atoms with Crippen molar-refractivity contribution in [2.45, 2.75) is 25.4 Å². The van der Waals surface area contributed by atoms with Crippen molar-refractivity contribution >= 4 is 17.3 Å². The number of nitrogens with zero attached hydrogens (tertiary/aromatic N) is 3. The van der Waals surface area contributed by atoms with Gasteiger partial charge < -0.3 is 10.2 Å². The molecule has 36 heavy (non-hydrogen) atoms. The van der Waals surface area contributed by atoms with Crippen molar-refractivity contribution < 1.29 is 14.1 Å². The zero-order chi connectivity index (χ0) is 25.1. The Morgan fingerprint density at radius 1 is 1.03 bits per heavy atom. The van der Waals surface area contributed by atoms with Crippen LogP contribution in [0.3, 0.4) is 0 Å². The van der Waals surface area contributed by atoms with E-state index in [0.717, 1.165) is 35.3 Å². The molecule has 1 fully saturated rings. The number of nitro groups is 1. The van der Waals surface area contributed by atoms with Gasteiger partial charge in [-0.15, -0.1) is 0 Å². The van der Waals surface area contributed by atoms with E-state index in [1.54, 1.807) is 24.3 Å². The van der Waals surface area contributed by atoms with Gasteiger partial charge in [-0.25, -0.2) is 4.39 Å². The quantitative estimate of drug-likeness (QED) is 0.402. The first kappa shape index (κ1) is 23.9. The van der Waals surface area contributed by atoms with Crippen LogP contribution in [0.15, 0.2) is 72.8 Å².